The Morgan fingerprint density at radius 2 is 1.47 bits per heavy atom. The smallest absolute Gasteiger partial charge is 0.463 e. The summed E-state index contributed by atoms with van der Waals surface area (Å²) in [5.74, 6) is -0.438. The van der Waals surface area contributed by atoms with Crippen LogP contribution in [0.1, 0.15) is 96.8 Å². The first-order chi connectivity index (χ1) is 14.4. The van der Waals surface area contributed by atoms with E-state index < -0.39 is 26.4 Å². The number of aliphatic hydroxyl groups excluding tert-OH is 1. The van der Waals surface area contributed by atoms with Crippen molar-refractivity contribution < 1.29 is 28.6 Å². The van der Waals surface area contributed by atoms with E-state index in [4.69, 9.17) is 9.63 Å². The van der Waals surface area contributed by atoms with Crippen molar-refractivity contribution in [2.45, 2.75) is 103 Å². The van der Waals surface area contributed by atoms with E-state index in [0.29, 0.717) is 0 Å². The minimum absolute atomic E-state index is 0.264. The highest BCUT2D eigenvalue weighted by molar-refractivity contribution is 7.51. The van der Waals surface area contributed by atoms with Crippen molar-refractivity contribution in [2.24, 2.45) is 4.95 Å². The third-order valence-corrected chi connectivity index (χ3v) is 5.31. The summed E-state index contributed by atoms with van der Waals surface area (Å²) in [6, 6.07) is 0. The molecule has 0 aliphatic rings. The minimum Gasteiger partial charge on any atom is -0.463 e. The number of aliphatic hydroxyl groups is 1. The van der Waals surface area contributed by atoms with Crippen LogP contribution in [0.15, 0.2) is 17.1 Å². The third-order valence-electron chi connectivity index (χ3n) is 4.62. The normalized spacial score (nSPS) is 14.5. The van der Waals surface area contributed by atoms with Crippen LogP contribution < -0.4 is 0 Å². The Hall–Kier alpha value is -1.08. The summed E-state index contributed by atoms with van der Waals surface area (Å²) in [6.07, 6.45) is 18.9. The predicted molar refractivity (Wildman–Crippen MR) is 118 cm³/mol. The largest absolute Gasteiger partial charge is 0.487 e. The minimum atomic E-state index is -4.56. The van der Waals surface area contributed by atoms with Gasteiger partial charge in [-0.05, 0) is 32.1 Å². The molecule has 9 heteroatoms. The molecule has 0 aromatic rings. The average Bonchev–Trinajstić information content (AvgIpc) is 2.73. The summed E-state index contributed by atoms with van der Waals surface area (Å²) in [5, 5.41) is 9.48. The Kier molecular flexibility index (Phi) is 19.1. The fourth-order valence-electron chi connectivity index (χ4n) is 2.86. The van der Waals surface area contributed by atoms with E-state index >= 15 is 0 Å². The molecule has 1 unspecified atom stereocenters. The monoisotopic (exact) mass is 449 g/mol. The van der Waals surface area contributed by atoms with E-state index in [-0.39, 0.29) is 13.0 Å². The van der Waals surface area contributed by atoms with Gasteiger partial charge in [-0.25, -0.2) is 4.57 Å². The van der Waals surface area contributed by atoms with E-state index in [9.17, 15) is 19.4 Å². The number of carbonyl (C=O) groups excluding carboxylic acids is 1. The molecule has 0 rings (SSSR count). The summed E-state index contributed by atoms with van der Waals surface area (Å²) in [4.78, 5) is 32.2. The van der Waals surface area contributed by atoms with Crippen molar-refractivity contribution in [1.82, 2.24) is 0 Å². The molecule has 176 valence electrons. The Labute approximate surface area is 181 Å². The van der Waals surface area contributed by atoms with E-state index in [1.54, 1.807) is 0 Å². The van der Waals surface area contributed by atoms with Gasteiger partial charge >= 0.3 is 13.7 Å². The Balaban J connectivity index is 3.43. The van der Waals surface area contributed by atoms with Crippen molar-refractivity contribution >= 4 is 13.7 Å². The van der Waals surface area contributed by atoms with Gasteiger partial charge in [0, 0.05) is 11.4 Å². The quantitative estimate of drug-likeness (QED) is 0.0745. The lowest BCUT2D eigenvalue weighted by Crippen LogP contribution is -2.23. The molecule has 8 nitrogen and oxygen atoms in total. The molecule has 0 spiro atoms. The number of nitroso groups, excluding NO2 is 1. The number of unbranched alkanes of at least 4 members (excludes halogenated alkanes) is 11. The molecule has 0 amide bonds. The zero-order chi connectivity index (χ0) is 22.5. The lowest BCUT2D eigenvalue weighted by molar-refractivity contribution is -0.147. The van der Waals surface area contributed by atoms with E-state index in [0.717, 1.165) is 38.5 Å². The molecule has 2 N–H and O–H groups in total. The van der Waals surface area contributed by atoms with Gasteiger partial charge in [-0.1, -0.05) is 70.4 Å². The molecule has 0 aromatic heterocycles. The van der Waals surface area contributed by atoms with Crippen LogP contribution in [-0.2, 0) is 18.6 Å². The molecule has 2 atom stereocenters. The molecule has 0 fully saturated rings. The fraction of sp³-hybridized carbons (Fsp3) is 0.857. The summed E-state index contributed by atoms with van der Waals surface area (Å²) in [6.45, 7) is 1.27. The molecule has 0 radical (unpaired) electrons. The first-order valence-corrected chi connectivity index (χ1v) is 12.7. The van der Waals surface area contributed by atoms with E-state index in [2.05, 4.69) is 23.6 Å². The maximum Gasteiger partial charge on any atom is 0.487 e. The van der Waals surface area contributed by atoms with Crippen LogP contribution in [0.25, 0.3) is 0 Å². The highest BCUT2D eigenvalue weighted by Gasteiger charge is 2.22. The highest BCUT2D eigenvalue weighted by Crippen LogP contribution is 2.42. The molecule has 0 aromatic carbocycles. The fourth-order valence-corrected chi connectivity index (χ4v) is 3.27. The summed E-state index contributed by atoms with van der Waals surface area (Å²) in [5.41, 5.74) is 0. The van der Waals surface area contributed by atoms with Crippen LogP contribution in [0.2, 0.25) is 0 Å². The maximum absolute atomic E-state index is 11.6. The highest BCUT2D eigenvalue weighted by atomic mass is 31.2. The van der Waals surface area contributed by atoms with Crippen LogP contribution in [0.3, 0.4) is 0 Å². The van der Waals surface area contributed by atoms with Crippen molar-refractivity contribution in [3.05, 3.63) is 17.1 Å². The van der Waals surface area contributed by atoms with Crippen LogP contribution >= 0.6 is 7.75 Å². The van der Waals surface area contributed by atoms with Crippen LogP contribution in [0.4, 0.5) is 0 Å². The molecule has 0 bridgehead atoms. The maximum atomic E-state index is 11.6. The number of allylic oxidation sites excluding steroid dienone is 2. The van der Waals surface area contributed by atoms with Crippen LogP contribution in [-0.4, -0.2) is 35.3 Å². The average molecular weight is 450 g/mol. The number of hydrogen-bond donors (Lipinski definition) is 2. The summed E-state index contributed by atoms with van der Waals surface area (Å²) in [7, 11) is -4.56. The van der Waals surface area contributed by atoms with Gasteiger partial charge in [0.25, 0.3) is 0 Å². The zero-order valence-electron chi connectivity index (χ0n) is 18.4. The summed E-state index contributed by atoms with van der Waals surface area (Å²) >= 11 is 0. The standard InChI is InChI=1S/C21H40NO7P/c1-2-3-4-5-6-7-8-9-10-11-12-13-14-15-16-17-21(24)28-18-20(23)19-29-30(26,27)22-25/h9-10,20,23H,2-8,11-19H2,1H3,(H,26,27)/b10-9-/t20-/m1/s1. The first-order valence-electron chi connectivity index (χ1n) is 11.2. The van der Waals surface area contributed by atoms with Gasteiger partial charge in [0.15, 0.2) is 0 Å². The summed E-state index contributed by atoms with van der Waals surface area (Å²) < 4.78 is 19.9. The number of hydrogen-bond acceptors (Lipinski definition) is 6. The van der Waals surface area contributed by atoms with Crippen molar-refractivity contribution in [1.29, 1.82) is 0 Å². The van der Waals surface area contributed by atoms with Crippen molar-refractivity contribution in [3.8, 4) is 0 Å². The second-order valence-corrected chi connectivity index (χ2v) is 8.94. The van der Waals surface area contributed by atoms with Crippen molar-refractivity contribution in [2.75, 3.05) is 13.2 Å². The van der Waals surface area contributed by atoms with E-state index in [1.165, 1.54) is 44.9 Å². The lowest BCUT2D eigenvalue weighted by Gasteiger charge is -2.11. The molecule has 0 heterocycles. The lowest BCUT2D eigenvalue weighted by atomic mass is 10.1. The first kappa shape index (κ1) is 28.9. The number of ether oxygens (including phenoxy) is 1. The molecular formula is C21H40NO7P. The predicted octanol–water partition coefficient (Wildman–Crippen LogP) is 5.81. The van der Waals surface area contributed by atoms with Gasteiger partial charge < -0.3 is 14.7 Å². The van der Waals surface area contributed by atoms with Gasteiger partial charge in [-0.15, -0.1) is 4.91 Å². The number of esters is 1. The SMILES string of the molecule is CCCCCCCC/C=C\CCCCCCCC(=O)OC[C@@H](O)COP(=O)(O)N=O. The second kappa shape index (κ2) is 19.9. The topological polar surface area (TPSA) is 122 Å². The van der Waals surface area contributed by atoms with Gasteiger partial charge in [-0.2, -0.15) is 0 Å². The third kappa shape index (κ3) is 20.2. The molecule has 0 aliphatic heterocycles. The second-order valence-electron chi connectivity index (χ2n) is 7.54. The van der Waals surface area contributed by atoms with E-state index in [1.807, 2.05) is 4.95 Å². The number of carbonyl (C=O) groups is 1. The Bertz CT molecular complexity index is 514. The molecule has 30 heavy (non-hydrogen) atoms. The van der Waals surface area contributed by atoms with Gasteiger partial charge in [-0.3, -0.25) is 9.32 Å². The van der Waals surface area contributed by atoms with Gasteiger partial charge in [0.2, 0.25) is 0 Å². The van der Waals surface area contributed by atoms with Crippen LogP contribution in [0, 0.1) is 4.91 Å². The molecule has 0 aliphatic carbocycles. The number of nitrogens with zero attached hydrogens (tertiary/aromatic N) is 1. The van der Waals surface area contributed by atoms with Gasteiger partial charge in [0.05, 0.1) is 6.61 Å². The Morgan fingerprint density at radius 3 is 2.03 bits per heavy atom. The zero-order valence-corrected chi connectivity index (χ0v) is 19.3. The molecule has 0 saturated carbocycles. The molecular weight excluding hydrogens is 409 g/mol. The number of rotatable bonds is 21. The Morgan fingerprint density at radius 1 is 0.933 bits per heavy atom. The van der Waals surface area contributed by atoms with Gasteiger partial charge in [0.1, 0.15) is 12.7 Å². The van der Waals surface area contributed by atoms with Crippen molar-refractivity contribution in [3.63, 3.8) is 0 Å². The molecule has 0 saturated heterocycles. The van der Waals surface area contributed by atoms with Crippen LogP contribution in [0.5, 0.6) is 0 Å².